The van der Waals surface area contributed by atoms with E-state index in [0.717, 1.165) is 47.6 Å². The van der Waals surface area contributed by atoms with E-state index in [9.17, 15) is 0 Å². The molecule has 1 aromatic carbocycles. The van der Waals surface area contributed by atoms with Gasteiger partial charge in [-0.3, -0.25) is 4.98 Å². The first kappa shape index (κ1) is 24.1. The summed E-state index contributed by atoms with van der Waals surface area (Å²) in [5.41, 5.74) is 6.88. The lowest BCUT2D eigenvalue weighted by atomic mass is 9.96. The zero-order valence-corrected chi connectivity index (χ0v) is 22.5. The Kier molecular flexibility index (Phi) is 6.78. The van der Waals surface area contributed by atoms with Crippen molar-refractivity contribution >= 4 is 40.3 Å². The second-order valence-electron chi connectivity index (χ2n) is 9.87. The monoisotopic (exact) mass is 507 g/mol. The van der Waals surface area contributed by atoms with Crippen molar-refractivity contribution in [1.29, 1.82) is 0 Å². The van der Waals surface area contributed by atoms with Crippen LogP contribution < -0.4 is 15.1 Å². The number of hydrogen-bond acceptors (Lipinski definition) is 3. The van der Waals surface area contributed by atoms with Crippen molar-refractivity contribution in [2.75, 3.05) is 22.9 Å². The van der Waals surface area contributed by atoms with E-state index in [0.29, 0.717) is 5.11 Å². The van der Waals surface area contributed by atoms with Crippen molar-refractivity contribution < 1.29 is 0 Å². The molecule has 0 saturated carbocycles. The van der Waals surface area contributed by atoms with Gasteiger partial charge in [-0.05, 0) is 93.7 Å². The van der Waals surface area contributed by atoms with Gasteiger partial charge in [-0.1, -0.05) is 24.6 Å². The van der Waals surface area contributed by atoms with Crippen molar-refractivity contribution in [1.82, 2.24) is 14.9 Å². The van der Waals surface area contributed by atoms with E-state index in [-0.39, 0.29) is 12.1 Å². The molecule has 1 N–H and O–H groups in total. The average molecular weight is 508 g/mol. The van der Waals surface area contributed by atoms with Gasteiger partial charge in [0.05, 0.1) is 28.5 Å². The molecule has 2 atom stereocenters. The number of thiocarbonyl (C=S) groups is 1. The van der Waals surface area contributed by atoms with Gasteiger partial charge in [0, 0.05) is 42.9 Å². The van der Waals surface area contributed by atoms with Crippen molar-refractivity contribution in [3.05, 3.63) is 76.3 Å². The van der Waals surface area contributed by atoms with Crippen LogP contribution in [0.4, 0.5) is 11.4 Å². The molecule has 0 bridgehead atoms. The third-order valence-corrected chi connectivity index (χ3v) is 8.30. The summed E-state index contributed by atoms with van der Waals surface area (Å²) in [6.07, 6.45) is 4.26. The first-order valence-corrected chi connectivity index (χ1v) is 13.4. The van der Waals surface area contributed by atoms with E-state index >= 15 is 0 Å². The number of anilines is 2. The van der Waals surface area contributed by atoms with Gasteiger partial charge < -0.3 is 19.7 Å². The highest BCUT2D eigenvalue weighted by molar-refractivity contribution is 7.80. The van der Waals surface area contributed by atoms with E-state index in [4.69, 9.17) is 23.8 Å². The predicted octanol–water partition coefficient (Wildman–Crippen LogP) is 6.59. The van der Waals surface area contributed by atoms with E-state index in [1.54, 1.807) is 0 Å². The van der Waals surface area contributed by atoms with Crippen LogP contribution in [0, 0.1) is 19.8 Å². The minimum Gasteiger partial charge on any atom is -0.370 e. The molecule has 4 heterocycles. The highest BCUT2D eigenvalue weighted by Crippen LogP contribution is 2.44. The molecule has 5 nitrogen and oxygen atoms in total. The molecule has 2 fully saturated rings. The van der Waals surface area contributed by atoms with Crippen molar-refractivity contribution in [3.63, 3.8) is 0 Å². The average Bonchev–Trinajstić information content (AvgIpc) is 3.35. The second-order valence-corrected chi connectivity index (χ2v) is 10.7. The van der Waals surface area contributed by atoms with Gasteiger partial charge in [0.1, 0.15) is 0 Å². The molecule has 2 saturated heterocycles. The van der Waals surface area contributed by atoms with Gasteiger partial charge >= 0.3 is 0 Å². The van der Waals surface area contributed by atoms with Crippen LogP contribution in [-0.2, 0) is 6.54 Å². The Balaban J connectivity index is 1.56. The van der Waals surface area contributed by atoms with E-state index in [2.05, 4.69) is 82.7 Å². The first-order valence-electron chi connectivity index (χ1n) is 12.6. The van der Waals surface area contributed by atoms with Gasteiger partial charge in [-0.2, -0.15) is 0 Å². The third-order valence-electron chi connectivity index (χ3n) is 7.68. The Bertz CT molecular complexity index is 1220. The van der Waals surface area contributed by atoms with E-state index < -0.39 is 0 Å². The molecule has 0 spiro atoms. The molecular weight excluding hydrogens is 474 g/mol. The molecule has 0 aliphatic carbocycles. The Morgan fingerprint density at radius 3 is 2.51 bits per heavy atom. The molecule has 2 aromatic heterocycles. The van der Waals surface area contributed by atoms with E-state index in [1.807, 2.05) is 18.3 Å². The smallest absolute Gasteiger partial charge is 0.174 e. The highest BCUT2D eigenvalue weighted by atomic mass is 35.5. The standard InChI is InChI=1S/C28H34ClN5S/c1-5-33-19(3)16-22(20(33)4)27-26(24-8-6-7-13-30-24)31-28(35)34(27)21-9-10-25(23(29)17-21)32-14-11-18(2)12-15-32/h6-10,13,16-18,26-27H,5,11-12,14-15H2,1-4H3,(H,31,35). The number of aromatic nitrogens is 2. The minimum atomic E-state index is -0.0588. The number of nitrogens with one attached hydrogen (secondary N) is 1. The normalized spacial score (nSPS) is 21.0. The largest absolute Gasteiger partial charge is 0.370 e. The lowest BCUT2D eigenvalue weighted by Crippen LogP contribution is -2.33. The molecule has 5 rings (SSSR count). The van der Waals surface area contributed by atoms with Crippen LogP contribution in [0.2, 0.25) is 5.02 Å². The number of nitrogens with zero attached hydrogens (tertiary/aromatic N) is 4. The quantitative estimate of drug-likeness (QED) is 0.394. The van der Waals surface area contributed by atoms with Crippen LogP contribution in [0.5, 0.6) is 0 Å². The summed E-state index contributed by atoms with van der Waals surface area (Å²) < 4.78 is 2.36. The van der Waals surface area contributed by atoms with Gasteiger partial charge in [0.15, 0.2) is 5.11 Å². The number of rotatable bonds is 5. The predicted molar refractivity (Wildman–Crippen MR) is 150 cm³/mol. The molecule has 35 heavy (non-hydrogen) atoms. The van der Waals surface area contributed by atoms with Crippen LogP contribution in [0.15, 0.2) is 48.7 Å². The molecule has 0 radical (unpaired) electrons. The molecule has 2 unspecified atom stereocenters. The molecule has 2 aliphatic heterocycles. The topological polar surface area (TPSA) is 36.3 Å². The van der Waals surface area contributed by atoms with Gasteiger partial charge in [-0.25, -0.2) is 0 Å². The lowest BCUT2D eigenvalue weighted by Gasteiger charge is -2.33. The van der Waals surface area contributed by atoms with Gasteiger partial charge in [0.2, 0.25) is 0 Å². The van der Waals surface area contributed by atoms with E-state index in [1.165, 1.54) is 29.8 Å². The molecule has 2 aliphatic rings. The number of benzene rings is 1. The van der Waals surface area contributed by atoms with Crippen LogP contribution >= 0.6 is 23.8 Å². The number of aryl methyl sites for hydroxylation is 1. The molecule has 184 valence electrons. The Labute approximate surface area is 219 Å². The minimum absolute atomic E-state index is 0.0262. The van der Waals surface area contributed by atoms with Crippen LogP contribution in [0.3, 0.4) is 0 Å². The Morgan fingerprint density at radius 1 is 1.11 bits per heavy atom. The third kappa shape index (κ3) is 4.43. The number of pyridine rings is 1. The second kappa shape index (κ2) is 9.82. The van der Waals surface area contributed by atoms with Gasteiger partial charge in [0.25, 0.3) is 0 Å². The zero-order chi connectivity index (χ0) is 24.7. The van der Waals surface area contributed by atoms with Crippen molar-refractivity contribution in [2.24, 2.45) is 5.92 Å². The maximum Gasteiger partial charge on any atom is 0.174 e. The summed E-state index contributed by atoms with van der Waals surface area (Å²) >= 11 is 12.8. The fourth-order valence-electron chi connectivity index (χ4n) is 5.71. The fraction of sp³-hybridized carbons (Fsp3) is 0.429. The lowest BCUT2D eigenvalue weighted by molar-refractivity contribution is 0.438. The molecule has 0 amide bonds. The van der Waals surface area contributed by atoms with Crippen LogP contribution in [0.1, 0.15) is 61.4 Å². The molecular formula is C28H34ClN5S. The Hall–Kier alpha value is -2.57. The molecule has 7 heteroatoms. The SMILES string of the molecule is CCn1c(C)cc(C2C(c3ccccn3)NC(=S)N2c2ccc(N3CCC(C)CC3)c(Cl)c2)c1C. The summed E-state index contributed by atoms with van der Waals surface area (Å²) in [4.78, 5) is 9.33. The summed E-state index contributed by atoms with van der Waals surface area (Å²) in [6, 6.07) is 14.7. The summed E-state index contributed by atoms with van der Waals surface area (Å²) in [7, 11) is 0. The van der Waals surface area contributed by atoms with Gasteiger partial charge in [-0.15, -0.1) is 0 Å². The zero-order valence-electron chi connectivity index (χ0n) is 21.0. The summed E-state index contributed by atoms with van der Waals surface area (Å²) in [5.74, 6) is 0.781. The number of hydrogen-bond donors (Lipinski definition) is 1. The molecule has 3 aromatic rings. The van der Waals surface area contributed by atoms with Crippen molar-refractivity contribution in [2.45, 2.75) is 59.2 Å². The maximum atomic E-state index is 6.91. The van der Waals surface area contributed by atoms with Crippen LogP contribution in [0.25, 0.3) is 0 Å². The summed E-state index contributed by atoms with van der Waals surface area (Å²) in [5, 5.41) is 5.05. The highest BCUT2D eigenvalue weighted by Gasteiger charge is 2.42. The first-order chi connectivity index (χ1) is 16.9. The fourth-order valence-corrected chi connectivity index (χ4v) is 6.35. The van der Waals surface area contributed by atoms with Crippen LogP contribution in [-0.4, -0.2) is 27.8 Å². The number of piperidine rings is 1. The number of halogens is 1. The summed E-state index contributed by atoms with van der Waals surface area (Å²) in [6.45, 7) is 11.9. The van der Waals surface area contributed by atoms with Crippen molar-refractivity contribution in [3.8, 4) is 0 Å². The maximum absolute atomic E-state index is 6.91. The Morgan fingerprint density at radius 2 is 1.89 bits per heavy atom.